The number of carbonyl (C=O) groups excluding carboxylic acids is 2. The molecule has 0 aliphatic carbocycles. The molecule has 0 bridgehead atoms. The highest BCUT2D eigenvalue weighted by atomic mass is 16.2. The van der Waals surface area contributed by atoms with Gasteiger partial charge in [0, 0.05) is 19.1 Å². The molecule has 6 nitrogen and oxygen atoms in total. The predicted molar refractivity (Wildman–Crippen MR) is 84.1 cm³/mol. The van der Waals surface area contributed by atoms with Crippen molar-refractivity contribution in [2.45, 2.75) is 46.1 Å². The molecule has 0 aromatic carbocycles. The molecule has 122 valence electrons. The van der Waals surface area contributed by atoms with Crippen LogP contribution < -0.4 is 16.0 Å². The van der Waals surface area contributed by atoms with E-state index < -0.39 is 6.03 Å². The van der Waals surface area contributed by atoms with Crippen LogP contribution in [0.2, 0.25) is 0 Å². The van der Waals surface area contributed by atoms with Crippen LogP contribution in [0, 0.1) is 5.92 Å². The minimum atomic E-state index is -0.399. The van der Waals surface area contributed by atoms with Crippen molar-refractivity contribution in [2.24, 2.45) is 5.92 Å². The van der Waals surface area contributed by atoms with Gasteiger partial charge in [-0.15, -0.1) is 0 Å². The largest absolute Gasteiger partial charge is 0.338 e. The highest BCUT2D eigenvalue weighted by molar-refractivity contribution is 5.95. The lowest BCUT2D eigenvalue weighted by atomic mass is 10.2. The summed E-state index contributed by atoms with van der Waals surface area (Å²) in [5, 5.41) is 8.53. The van der Waals surface area contributed by atoms with Gasteiger partial charge in [-0.1, -0.05) is 20.8 Å². The Kier molecular flexibility index (Phi) is 8.30. The number of amides is 3. The summed E-state index contributed by atoms with van der Waals surface area (Å²) in [5.41, 5.74) is 0. The van der Waals surface area contributed by atoms with Crippen LogP contribution in [0.15, 0.2) is 0 Å². The van der Waals surface area contributed by atoms with Crippen molar-refractivity contribution < 1.29 is 9.59 Å². The van der Waals surface area contributed by atoms with E-state index in [9.17, 15) is 9.59 Å². The molecule has 3 amide bonds. The fourth-order valence-electron chi connectivity index (χ4n) is 2.49. The lowest BCUT2D eigenvalue weighted by molar-refractivity contribution is -0.121. The first kappa shape index (κ1) is 17.9. The normalized spacial score (nSPS) is 18.2. The summed E-state index contributed by atoms with van der Waals surface area (Å²) < 4.78 is 0. The van der Waals surface area contributed by atoms with Gasteiger partial charge in [0.05, 0.1) is 6.54 Å². The summed E-state index contributed by atoms with van der Waals surface area (Å²) >= 11 is 0. The van der Waals surface area contributed by atoms with Crippen molar-refractivity contribution in [3.8, 4) is 0 Å². The second-order valence-electron chi connectivity index (χ2n) is 6.18. The molecule has 1 unspecified atom stereocenters. The first-order chi connectivity index (χ1) is 10.0. The Hall–Kier alpha value is -1.14. The number of urea groups is 1. The number of imide groups is 1. The Morgan fingerprint density at radius 2 is 2.14 bits per heavy atom. The van der Waals surface area contributed by atoms with Gasteiger partial charge >= 0.3 is 6.03 Å². The van der Waals surface area contributed by atoms with E-state index in [1.54, 1.807) is 0 Å². The second kappa shape index (κ2) is 9.73. The zero-order chi connectivity index (χ0) is 15.7. The third-order valence-electron chi connectivity index (χ3n) is 3.47. The quantitative estimate of drug-likeness (QED) is 0.623. The molecule has 6 heteroatoms. The van der Waals surface area contributed by atoms with Crippen molar-refractivity contribution in [3.05, 3.63) is 0 Å². The molecule has 0 aromatic rings. The van der Waals surface area contributed by atoms with Gasteiger partial charge in [-0.25, -0.2) is 4.79 Å². The summed E-state index contributed by atoms with van der Waals surface area (Å²) in [6, 6.07) is 0.0725. The highest BCUT2D eigenvalue weighted by Crippen LogP contribution is 2.07. The van der Waals surface area contributed by atoms with Gasteiger partial charge in [-0.05, 0) is 38.3 Å². The highest BCUT2D eigenvalue weighted by Gasteiger charge is 2.19. The van der Waals surface area contributed by atoms with Gasteiger partial charge in [-0.2, -0.15) is 0 Å². The molecule has 1 atom stereocenters. The lowest BCUT2D eigenvalue weighted by Gasteiger charge is -2.24. The minimum Gasteiger partial charge on any atom is -0.338 e. The first-order valence-electron chi connectivity index (χ1n) is 8.04. The van der Waals surface area contributed by atoms with E-state index in [0.29, 0.717) is 18.5 Å². The molecule has 1 heterocycles. The number of rotatable bonds is 8. The van der Waals surface area contributed by atoms with Crippen LogP contribution in [0.25, 0.3) is 0 Å². The molecule has 0 saturated carbocycles. The Morgan fingerprint density at radius 3 is 2.71 bits per heavy atom. The zero-order valence-electron chi connectivity index (χ0n) is 13.6. The van der Waals surface area contributed by atoms with E-state index in [4.69, 9.17) is 0 Å². The smallest absolute Gasteiger partial charge is 0.321 e. The van der Waals surface area contributed by atoms with E-state index in [2.05, 4.69) is 27.8 Å². The standard InChI is InChI=1S/C15H30N4O2/c1-4-8-19(10-13-6-5-7-16-13)11-14(20)18-15(21)17-9-12(2)3/h12-13,16H,4-11H2,1-3H3,(H2,17,18,20,21). The van der Waals surface area contributed by atoms with E-state index in [-0.39, 0.29) is 12.5 Å². The zero-order valence-corrected chi connectivity index (χ0v) is 13.6. The third kappa shape index (κ3) is 8.02. The molecule has 1 fully saturated rings. The molecule has 21 heavy (non-hydrogen) atoms. The van der Waals surface area contributed by atoms with Gasteiger partial charge in [0.15, 0.2) is 0 Å². The summed E-state index contributed by atoms with van der Waals surface area (Å²) in [5.74, 6) is 0.138. The van der Waals surface area contributed by atoms with E-state index in [0.717, 1.165) is 32.5 Å². The van der Waals surface area contributed by atoms with Crippen LogP contribution in [0.1, 0.15) is 40.0 Å². The van der Waals surface area contributed by atoms with Crippen molar-refractivity contribution >= 4 is 11.9 Å². The molecule has 0 radical (unpaired) electrons. The van der Waals surface area contributed by atoms with Crippen LogP contribution in [0.4, 0.5) is 4.79 Å². The third-order valence-corrected chi connectivity index (χ3v) is 3.47. The number of nitrogens with zero attached hydrogens (tertiary/aromatic N) is 1. The minimum absolute atomic E-state index is 0.234. The Bertz CT molecular complexity index is 328. The predicted octanol–water partition coefficient (Wildman–Crippen LogP) is 0.932. The van der Waals surface area contributed by atoms with Crippen LogP contribution in [-0.4, -0.2) is 55.6 Å². The molecular weight excluding hydrogens is 268 g/mol. The Labute approximate surface area is 128 Å². The Balaban J connectivity index is 2.31. The molecule has 1 saturated heterocycles. The number of nitrogens with one attached hydrogen (secondary N) is 3. The molecule has 0 spiro atoms. The number of carbonyl (C=O) groups is 2. The van der Waals surface area contributed by atoms with Gasteiger partial charge in [0.1, 0.15) is 0 Å². The summed E-state index contributed by atoms with van der Waals surface area (Å²) in [6.07, 6.45) is 3.37. The summed E-state index contributed by atoms with van der Waals surface area (Å²) in [4.78, 5) is 25.6. The molecule has 1 rings (SSSR count). The SMILES string of the molecule is CCCN(CC(=O)NC(=O)NCC(C)C)CC1CCCN1. The number of hydrogen-bond donors (Lipinski definition) is 3. The maximum absolute atomic E-state index is 11.9. The molecule has 1 aliphatic heterocycles. The van der Waals surface area contributed by atoms with Gasteiger partial charge in [0.25, 0.3) is 0 Å². The van der Waals surface area contributed by atoms with Crippen LogP contribution in [-0.2, 0) is 4.79 Å². The summed E-state index contributed by atoms with van der Waals surface area (Å²) in [6.45, 7) is 9.79. The maximum atomic E-state index is 11.9. The summed E-state index contributed by atoms with van der Waals surface area (Å²) in [7, 11) is 0. The maximum Gasteiger partial charge on any atom is 0.321 e. The van der Waals surface area contributed by atoms with Gasteiger partial charge < -0.3 is 10.6 Å². The van der Waals surface area contributed by atoms with E-state index >= 15 is 0 Å². The van der Waals surface area contributed by atoms with Crippen LogP contribution in [0.3, 0.4) is 0 Å². The van der Waals surface area contributed by atoms with E-state index in [1.807, 2.05) is 13.8 Å². The average molecular weight is 298 g/mol. The molecule has 1 aliphatic rings. The second-order valence-corrected chi connectivity index (χ2v) is 6.18. The Morgan fingerprint density at radius 1 is 1.38 bits per heavy atom. The van der Waals surface area contributed by atoms with Crippen molar-refractivity contribution in [2.75, 3.05) is 32.7 Å². The van der Waals surface area contributed by atoms with Crippen molar-refractivity contribution in [1.29, 1.82) is 0 Å². The topological polar surface area (TPSA) is 73.5 Å². The first-order valence-corrected chi connectivity index (χ1v) is 8.04. The molecule has 3 N–H and O–H groups in total. The average Bonchev–Trinajstić information content (AvgIpc) is 2.89. The molecule has 0 aromatic heterocycles. The van der Waals surface area contributed by atoms with E-state index in [1.165, 1.54) is 6.42 Å². The van der Waals surface area contributed by atoms with Gasteiger partial charge in [-0.3, -0.25) is 15.0 Å². The van der Waals surface area contributed by atoms with Crippen LogP contribution in [0.5, 0.6) is 0 Å². The van der Waals surface area contributed by atoms with Crippen molar-refractivity contribution in [1.82, 2.24) is 20.9 Å². The van der Waals surface area contributed by atoms with Crippen LogP contribution >= 0.6 is 0 Å². The number of hydrogen-bond acceptors (Lipinski definition) is 4. The lowest BCUT2D eigenvalue weighted by Crippen LogP contribution is -2.47. The van der Waals surface area contributed by atoms with Gasteiger partial charge in [0.2, 0.25) is 5.91 Å². The van der Waals surface area contributed by atoms with Crippen molar-refractivity contribution in [3.63, 3.8) is 0 Å². The molecular formula is C15H30N4O2. The monoisotopic (exact) mass is 298 g/mol. The fraction of sp³-hybridized carbons (Fsp3) is 0.867. The fourth-order valence-corrected chi connectivity index (χ4v) is 2.49.